The molecule has 19 heavy (non-hydrogen) atoms. The Bertz CT molecular complexity index is 508. The molecule has 102 valence electrons. The molecule has 0 aliphatic heterocycles. The van der Waals surface area contributed by atoms with Gasteiger partial charge in [-0.15, -0.1) is 11.3 Å². The van der Waals surface area contributed by atoms with Gasteiger partial charge >= 0.3 is 0 Å². The summed E-state index contributed by atoms with van der Waals surface area (Å²) in [4.78, 5) is 13.3. The summed E-state index contributed by atoms with van der Waals surface area (Å²) in [6.07, 6.45) is 4.96. The fourth-order valence-electron chi connectivity index (χ4n) is 3.60. The molecule has 2 saturated carbocycles. The van der Waals surface area contributed by atoms with E-state index in [0.29, 0.717) is 5.92 Å². The molecule has 4 heteroatoms. The molecule has 1 aromatic heterocycles. The third-order valence-electron chi connectivity index (χ3n) is 4.83. The lowest BCUT2D eigenvalue weighted by Gasteiger charge is -2.15. The number of thiophene rings is 1. The van der Waals surface area contributed by atoms with Gasteiger partial charge in [-0.3, -0.25) is 4.79 Å². The number of nitrogens with zero attached hydrogens (tertiary/aromatic N) is 1. The molecule has 3 atom stereocenters. The minimum Gasteiger partial charge on any atom is -0.273 e. The van der Waals surface area contributed by atoms with Crippen LogP contribution in [-0.4, -0.2) is 11.6 Å². The Balaban J connectivity index is 1.62. The van der Waals surface area contributed by atoms with Crippen molar-refractivity contribution in [2.24, 2.45) is 22.4 Å². The van der Waals surface area contributed by atoms with E-state index < -0.39 is 0 Å². The van der Waals surface area contributed by atoms with Crippen molar-refractivity contribution in [2.45, 2.75) is 39.5 Å². The minimum atomic E-state index is 0.116. The molecule has 2 aliphatic carbocycles. The molecule has 2 fully saturated rings. The van der Waals surface area contributed by atoms with Crippen molar-refractivity contribution in [1.82, 2.24) is 5.43 Å². The zero-order chi connectivity index (χ0) is 13.5. The molecule has 2 aliphatic rings. The van der Waals surface area contributed by atoms with Crippen LogP contribution in [-0.2, 0) is 4.79 Å². The number of amides is 1. The molecule has 0 aromatic carbocycles. The third kappa shape index (κ3) is 2.22. The van der Waals surface area contributed by atoms with E-state index in [1.54, 1.807) is 11.3 Å². The Labute approximate surface area is 118 Å². The van der Waals surface area contributed by atoms with Crippen LogP contribution in [0.3, 0.4) is 0 Å². The summed E-state index contributed by atoms with van der Waals surface area (Å²) in [5.74, 6) is 0.902. The fourth-order valence-corrected chi connectivity index (χ4v) is 4.28. The fraction of sp³-hybridized carbons (Fsp3) is 0.600. The Kier molecular flexibility index (Phi) is 3.21. The highest BCUT2D eigenvalue weighted by molar-refractivity contribution is 7.12. The van der Waals surface area contributed by atoms with Gasteiger partial charge in [-0.2, -0.15) is 5.10 Å². The summed E-state index contributed by atoms with van der Waals surface area (Å²) in [6, 6.07) is 4.02. The zero-order valence-electron chi connectivity index (χ0n) is 11.5. The summed E-state index contributed by atoms with van der Waals surface area (Å²) in [7, 11) is 0. The molecule has 0 radical (unpaired) electrons. The van der Waals surface area contributed by atoms with Crippen LogP contribution in [0.5, 0.6) is 0 Å². The molecule has 0 spiro atoms. The Hall–Kier alpha value is -1.16. The number of fused-ring (bicyclic) bond motifs is 1. The lowest BCUT2D eigenvalue weighted by molar-refractivity contribution is -0.123. The molecule has 0 unspecified atom stereocenters. The predicted molar refractivity (Wildman–Crippen MR) is 78.2 cm³/mol. The zero-order valence-corrected chi connectivity index (χ0v) is 12.3. The minimum absolute atomic E-state index is 0.116. The summed E-state index contributed by atoms with van der Waals surface area (Å²) in [5.41, 5.74) is 3.91. The number of carbonyl (C=O) groups is 1. The Morgan fingerprint density at radius 3 is 3.00 bits per heavy atom. The number of hydrogen-bond acceptors (Lipinski definition) is 3. The van der Waals surface area contributed by atoms with E-state index in [2.05, 4.69) is 17.5 Å². The second-order valence-electron chi connectivity index (χ2n) is 5.99. The second kappa shape index (κ2) is 4.75. The summed E-state index contributed by atoms with van der Waals surface area (Å²) < 4.78 is 0. The number of nitrogens with one attached hydrogen (secondary N) is 1. The second-order valence-corrected chi connectivity index (χ2v) is 6.93. The van der Waals surface area contributed by atoms with Gasteiger partial charge in [-0.1, -0.05) is 25.8 Å². The van der Waals surface area contributed by atoms with Gasteiger partial charge in [0.1, 0.15) is 0 Å². The van der Waals surface area contributed by atoms with Gasteiger partial charge in [-0.25, -0.2) is 5.43 Å². The summed E-state index contributed by atoms with van der Waals surface area (Å²) in [5, 5.41) is 6.26. The monoisotopic (exact) mass is 276 g/mol. The van der Waals surface area contributed by atoms with Crippen molar-refractivity contribution < 1.29 is 4.79 Å². The first-order valence-corrected chi connectivity index (χ1v) is 7.89. The molecule has 3 nitrogen and oxygen atoms in total. The van der Waals surface area contributed by atoms with E-state index in [9.17, 15) is 4.79 Å². The summed E-state index contributed by atoms with van der Waals surface area (Å²) in [6.45, 7) is 4.20. The van der Waals surface area contributed by atoms with Crippen LogP contribution in [0.15, 0.2) is 22.6 Å². The molecule has 0 bridgehead atoms. The number of hydrogen-bond donors (Lipinski definition) is 1. The van der Waals surface area contributed by atoms with Crippen molar-refractivity contribution in [1.29, 1.82) is 0 Å². The molecule has 0 saturated heterocycles. The maximum atomic E-state index is 12.2. The lowest BCUT2D eigenvalue weighted by Crippen LogP contribution is -2.23. The standard InChI is InChI=1S/C15H20N2OS/c1-10(12-7-5-9-19-12)16-17-14(18)13-11-6-3-4-8-15(11,13)2/h5,7,9,11,13H,3-4,6,8H2,1-2H3,(H,17,18)/b16-10-/t11-,13+,15-/m1/s1. The van der Waals surface area contributed by atoms with Gasteiger partial charge in [0.2, 0.25) is 5.91 Å². The highest BCUT2D eigenvalue weighted by atomic mass is 32.1. The Morgan fingerprint density at radius 2 is 2.37 bits per heavy atom. The predicted octanol–water partition coefficient (Wildman–Crippen LogP) is 3.41. The largest absolute Gasteiger partial charge is 0.273 e. The van der Waals surface area contributed by atoms with Crippen molar-refractivity contribution in [3.05, 3.63) is 22.4 Å². The molecule has 1 amide bonds. The van der Waals surface area contributed by atoms with Crippen LogP contribution >= 0.6 is 11.3 Å². The highest BCUT2D eigenvalue weighted by Gasteiger charge is 2.64. The average Bonchev–Trinajstić information content (AvgIpc) is 2.77. The van der Waals surface area contributed by atoms with Crippen molar-refractivity contribution >= 4 is 23.0 Å². The van der Waals surface area contributed by atoms with E-state index in [0.717, 1.165) is 10.6 Å². The average molecular weight is 276 g/mol. The molecular formula is C15H20N2OS. The number of carbonyl (C=O) groups excluding carboxylic acids is 1. The van der Waals surface area contributed by atoms with Gasteiger partial charge in [0, 0.05) is 10.8 Å². The van der Waals surface area contributed by atoms with Gasteiger partial charge in [0.05, 0.1) is 5.71 Å². The van der Waals surface area contributed by atoms with Crippen LogP contribution in [0, 0.1) is 17.3 Å². The topological polar surface area (TPSA) is 41.5 Å². The van der Waals surface area contributed by atoms with Gasteiger partial charge < -0.3 is 0 Å². The quantitative estimate of drug-likeness (QED) is 0.667. The molecule has 1 N–H and O–H groups in total. The van der Waals surface area contributed by atoms with E-state index in [1.807, 2.05) is 24.4 Å². The van der Waals surface area contributed by atoms with Gasteiger partial charge in [0.15, 0.2) is 0 Å². The SMILES string of the molecule is C/C(=N/NC(=O)[C@@H]1[C@H]2CCCC[C@]21C)c1cccs1. The Morgan fingerprint density at radius 1 is 1.53 bits per heavy atom. The maximum Gasteiger partial charge on any atom is 0.244 e. The molecule has 3 rings (SSSR count). The highest BCUT2D eigenvalue weighted by Crippen LogP contribution is 2.66. The molecule has 1 aromatic rings. The van der Waals surface area contributed by atoms with E-state index in [4.69, 9.17) is 0 Å². The first-order valence-electron chi connectivity index (χ1n) is 7.01. The van der Waals surface area contributed by atoms with Crippen LogP contribution in [0.25, 0.3) is 0 Å². The van der Waals surface area contributed by atoms with E-state index in [-0.39, 0.29) is 17.2 Å². The van der Waals surface area contributed by atoms with Crippen LogP contribution < -0.4 is 5.43 Å². The normalized spacial score (nSPS) is 33.7. The third-order valence-corrected chi connectivity index (χ3v) is 5.80. The van der Waals surface area contributed by atoms with Crippen molar-refractivity contribution in [3.63, 3.8) is 0 Å². The van der Waals surface area contributed by atoms with Crippen LogP contribution in [0.4, 0.5) is 0 Å². The molecule has 1 heterocycles. The smallest absolute Gasteiger partial charge is 0.244 e. The van der Waals surface area contributed by atoms with Crippen LogP contribution in [0.1, 0.15) is 44.4 Å². The van der Waals surface area contributed by atoms with E-state index in [1.165, 1.54) is 25.7 Å². The van der Waals surface area contributed by atoms with E-state index >= 15 is 0 Å². The first-order chi connectivity index (χ1) is 9.13. The first kappa shape index (κ1) is 12.9. The number of rotatable bonds is 3. The number of hydrazone groups is 1. The van der Waals surface area contributed by atoms with Gasteiger partial charge in [0.25, 0.3) is 0 Å². The van der Waals surface area contributed by atoms with Crippen molar-refractivity contribution in [3.8, 4) is 0 Å². The summed E-state index contributed by atoms with van der Waals surface area (Å²) >= 11 is 1.64. The lowest BCUT2D eigenvalue weighted by atomic mass is 9.90. The molecular weight excluding hydrogens is 256 g/mol. The van der Waals surface area contributed by atoms with Crippen molar-refractivity contribution in [2.75, 3.05) is 0 Å². The van der Waals surface area contributed by atoms with Gasteiger partial charge in [-0.05, 0) is 42.5 Å². The maximum absolute atomic E-state index is 12.2. The van der Waals surface area contributed by atoms with Crippen LogP contribution in [0.2, 0.25) is 0 Å².